The van der Waals surface area contributed by atoms with Crippen molar-refractivity contribution >= 4 is 28.4 Å². The summed E-state index contributed by atoms with van der Waals surface area (Å²) in [7, 11) is 1.78. The van der Waals surface area contributed by atoms with Crippen molar-refractivity contribution in [1.29, 1.82) is 0 Å². The molecule has 1 saturated heterocycles. The Morgan fingerprint density at radius 3 is 2.54 bits per heavy atom. The number of likely N-dealkylation sites (tertiary alicyclic amines) is 1. The van der Waals surface area contributed by atoms with Crippen molar-refractivity contribution in [1.82, 2.24) is 14.8 Å². The smallest absolute Gasteiger partial charge is 0.226 e. The second kappa shape index (κ2) is 11.0. The van der Waals surface area contributed by atoms with Crippen molar-refractivity contribution in [2.24, 2.45) is 11.8 Å². The van der Waals surface area contributed by atoms with Gasteiger partial charge < -0.3 is 14.8 Å². The van der Waals surface area contributed by atoms with Crippen molar-refractivity contribution < 1.29 is 18.8 Å². The van der Waals surface area contributed by atoms with Crippen LogP contribution in [0.3, 0.4) is 0 Å². The Morgan fingerprint density at radius 1 is 1.11 bits per heavy atom. The average molecular weight is 484 g/mol. The maximum Gasteiger partial charge on any atom is 0.226 e. The lowest BCUT2D eigenvalue weighted by atomic mass is 9.76. The number of rotatable bonds is 9. The fraction of sp³-hybridized carbons (Fsp3) is 0.607. The van der Waals surface area contributed by atoms with Crippen LogP contribution in [0.5, 0.6) is 0 Å². The summed E-state index contributed by atoms with van der Waals surface area (Å²) in [5.74, 6) is -0.297. The third-order valence-corrected chi connectivity index (χ3v) is 8.16. The summed E-state index contributed by atoms with van der Waals surface area (Å²) in [6, 6.07) is 4.26. The summed E-state index contributed by atoms with van der Waals surface area (Å²) < 4.78 is 15.9. The third kappa shape index (κ3) is 5.50. The fourth-order valence-electron chi connectivity index (χ4n) is 6.00. The van der Waals surface area contributed by atoms with Gasteiger partial charge in [-0.2, -0.15) is 0 Å². The number of benzene rings is 1. The van der Waals surface area contributed by atoms with Crippen LogP contribution in [0.1, 0.15) is 75.6 Å². The van der Waals surface area contributed by atoms with Crippen LogP contribution >= 0.6 is 0 Å². The Morgan fingerprint density at radius 2 is 1.86 bits per heavy atom. The number of carbonyl (C=O) groups is 3. The molecular formula is C28H38FN3O3. The maximum absolute atomic E-state index is 14.0. The summed E-state index contributed by atoms with van der Waals surface area (Å²) >= 11 is 0. The molecule has 35 heavy (non-hydrogen) atoms. The van der Waals surface area contributed by atoms with Gasteiger partial charge in [0.2, 0.25) is 5.91 Å². The molecule has 1 aromatic carbocycles. The molecule has 1 aliphatic heterocycles. The largest absolute Gasteiger partial charge is 0.345 e. The summed E-state index contributed by atoms with van der Waals surface area (Å²) in [6.45, 7) is 4.60. The highest BCUT2D eigenvalue weighted by atomic mass is 19.1. The van der Waals surface area contributed by atoms with E-state index in [1.807, 2.05) is 16.4 Å². The summed E-state index contributed by atoms with van der Waals surface area (Å²) in [4.78, 5) is 41.0. The number of aromatic nitrogens is 1. The van der Waals surface area contributed by atoms with E-state index in [-0.39, 0.29) is 53.6 Å². The van der Waals surface area contributed by atoms with E-state index in [9.17, 15) is 18.8 Å². The van der Waals surface area contributed by atoms with Crippen LogP contribution in [-0.4, -0.2) is 52.6 Å². The number of hydrogen-bond acceptors (Lipinski definition) is 4. The molecule has 7 heteroatoms. The molecular weight excluding hydrogens is 445 g/mol. The molecule has 0 unspecified atom stereocenters. The fourth-order valence-corrected chi connectivity index (χ4v) is 6.00. The standard InChI is InChI=1S/C28H38FN3O3/c1-18(30-3)27(34)15-23(20-8-5-4-6-9-20)28(35)32-13-7-10-22(32)16-31-17-25(19(2)33)24-14-21(29)11-12-26(24)31/h11-12,14,17-18,20,22-23,30H,4-10,13,15-16H2,1-3H3/t18-,22-,23-/m0/s1. The highest BCUT2D eigenvalue weighted by Gasteiger charge is 2.39. The van der Waals surface area contributed by atoms with Crippen LogP contribution in [0.2, 0.25) is 0 Å². The van der Waals surface area contributed by atoms with E-state index in [0.29, 0.717) is 24.0 Å². The number of ketones is 2. The topological polar surface area (TPSA) is 71.4 Å². The van der Waals surface area contributed by atoms with E-state index in [0.717, 1.165) is 44.0 Å². The minimum absolute atomic E-state index is 0.00845. The maximum atomic E-state index is 14.0. The first kappa shape index (κ1) is 25.5. The first-order valence-electron chi connectivity index (χ1n) is 13.1. The van der Waals surface area contributed by atoms with Gasteiger partial charge in [0, 0.05) is 54.1 Å². The molecule has 2 heterocycles. The molecule has 1 N–H and O–H groups in total. The number of amides is 1. The molecule has 3 atom stereocenters. The lowest BCUT2D eigenvalue weighted by Crippen LogP contribution is -2.45. The van der Waals surface area contributed by atoms with E-state index < -0.39 is 0 Å². The van der Waals surface area contributed by atoms with Crippen molar-refractivity contribution in [3.8, 4) is 0 Å². The first-order valence-corrected chi connectivity index (χ1v) is 13.1. The quantitative estimate of drug-likeness (QED) is 0.523. The van der Waals surface area contributed by atoms with Crippen molar-refractivity contribution in [3.63, 3.8) is 0 Å². The molecule has 0 spiro atoms. The van der Waals surface area contributed by atoms with Crippen LogP contribution < -0.4 is 5.32 Å². The summed E-state index contributed by atoms with van der Waals surface area (Å²) in [5.41, 5.74) is 1.31. The van der Waals surface area contributed by atoms with Gasteiger partial charge in [0.25, 0.3) is 0 Å². The highest BCUT2D eigenvalue weighted by molar-refractivity contribution is 6.07. The second-order valence-corrected chi connectivity index (χ2v) is 10.4. The van der Waals surface area contributed by atoms with Gasteiger partial charge in [-0.25, -0.2) is 4.39 Å². The zero-order chi connectivity index (χ0) is 25.1. The highest BCUT2D eigenvalue weighted by Crippen LogP contribution is 2.35. The predicted octanol–water partition coefficient (Wildman–Crippen LogP) is 4.74. The summed E-state index contributed by atoms with van der Waals surface area (Å²) in [6.07, 6.45) is 9.32. The zero-order valence-electron chi connectivity index (χ0n) is 21.2. The number of nitrogens with one attached hydrogen (secondary N) is 1. The molecule has 0 radical (unpaired) electrons. The van der Waals surface area contributed by atoms with Gasteiger partial charge in [0.05, 0.1) is 6.04 Å². The molecule has 190 valence electrons. The van der Waals surface area contributed by atoms with Gasteiger partial charge in [-0.05, 0) is 70.7 Å². The van der Waals surface area contributed by atoms with Gasteiger partial charge >= 0.3 is 0 Å². The van der Waals surface area contributed by atoms with Gasteiger partial charge in [-0.3, -0.25) is 14.4 Å². The molecule has 1 amide bonds. The van der Waals surface area contributed by atoms with E-state index >= 15 is 0 Å². The van der Waals surface area contributed by atoms with Crippen molar-refractivity contribution in [2.75, 3.05) is 13.6 Å². The minimum atomic E-state index is -0.369. The van der Waals surface area contributed by atoms with E-state index in [4.69, 9.17) is 0 Å². The molecule has 2 fully saturated rings. The lowest BCUT2D eigenvalue weighted by molar-refractivity contribution is -0.141. The Balaban J connectivity index is 1.58. The Labute approximate surface area is 207 Å². The lowest BCUT2D eigenvalue weighted by Gasteiger charge is -2.35. The summed E-state index contributed by atoms with van der Waals surface area (Å²) in [5, 5.41) is 3.63. The number of Topliss-reactive ketones (excluding diaryl/α,β-unsaturated/α-hetero) is 2. The van der Waals surface area contributed by atoms with Crippen molar-refractivity contribution in [2.45, 2.75) is 83.8 Å². The Hall–Kier alpha value is -2.54. The van der Waals surface area contributed by atoms with Crippen LogP contribution in [0, 0.1) is 17.7 Å². The SMILES string of the molecule is CN[C@@H](C)C(=O)C[C@H](C(=O)N1CCC[C@H]1Cn1cc(C(C)=O)c2cc(F)ccc21)C1CCCCC1. The van der Waals surface area contributed by atoms with Crippen LogP contribution in [0.25, 0.3) is 10.9 Å². The Bertz CT molecular complexity index is 1090. The number of likely N-dealkylation sites (N-methyl/N-ethyl adjacent to an activating group) is 1. The van der Waals surface area contributed by atoms with Gasteiger partial charge in [-0.15, -0.1) is 0 Å². The first-order chi connectivity index (χ1) is 16.8. The molecule has 1 aliphatic carbocycles. The van der Waals surface area contributed by atoms with Gasteiger partial charge in [0.1, 0.15) is 11.6 Å². The third-order valence-electron chi connectivity index (χ3n) is 8.16. The molecule has 0 bridgehead atoms. The number of nitrogens with zero attached hydrogens (tertiary/aromatic N) is 2. The average Bonchev–Trinajstić information content (AvgIpc) is 3.46. The zero-order valence-corrected chi connectivity index (χ0v) is 21.2. The number of carbonyl (C=O) groups excluding carboxylic acids is 3. The number of fused-ring (bicyclic) bond motifs is 1. The van der Waals surface area contributed by atoms with Crippen LogP contribution in [-0.2, 0) is 16.1 Å². The molecule has 1 saturated carbocycles. The molecule has 2 aromatic rings. The predicted molar refractivity (Wildman–Crippen MR) is 135 cm³/mol. The van der Waals surface area contributed by atoms with Crippen LogP contribution in [0.15, 0.2) is 24.4 Å². The van der Waals surface area contributed by atoms with Crippen molar-refractivity contribution in [3.05, 3.63) is 35.8 Å². The van der Waals surface area contributed by atoms with Gasteiger partial charge in [-0.1, -0.05) is 19.3 Å². The number of hydrogen-bond donors (Lipinski definition) is 1. The molecule has 6 nitrogen and oxygen atoms in total. The Kier molecular flexibility index (Phi) is 8.05. The normalized spacial score (nSPS) is 20.8. The molecule has 1 aromatic heterocycles. The molecule has 4 rings (SSSR count). The number of halogens is 1. The molecule has 2 aliphatic rings. The van der Waals surface area contributed by atoms with E-state index in [1.54, 1.807) is 19.3 Å². The van der Waals surface area contributed by atoms with Gasteiger partial charge in [0.15, 0.2) is 5.78 Å². The monoisotopic (exact) mass is 483 g/mol. The van der Waals surface area contributed by atoms with Crippen LogP contribution in [0.4, 0.5) is 4.39 Å². The van der Waals surface area contributed by atoms with E-state index in [2.05, 4.69) is 5.32 Å². The minimum Gasteiger partial charge on any atom is -0.345 e. The second-order valence-electron chi connectivity index (χ2n) is 10.4. The van der Waals surface area contributed by atoms with E-state index in [1.165, 1.54) is 25.5 Å².